The van der Waals surface area contributed by atoms with Crippen LogP contribution in [0.4, 0.5) is 0 Å². The third-order valence-electron chi connectivity index (χ3n) is 2.71. The fourth-order valence-corrected chi connectivity index (χ4v) is 1.83. The average Bonchev–Trinajstić information content (AvgIpc) is 2.38. The molecule has 0 saturated heterocycles. The molecule has 0 saturated carbocycles. The first-order valence-corrected chi connectivity index (χ1v) is 5.91. The summed E-state index contributed by atoms with van der Waals surface area (Å²) in [7, 11) is 0. The van der Waals surface area contributed by atoms with Crippen molar-refractivity contribution in [3.05, 3.63) is 52.8 Å². The minimum absolute atomic E-state index is 0.128. The summed E-state index contributed by atoms with van der Waals surface area (Å²) in [6.07, 6.45) is 0. The van der Waals surface area contributed by atoms with Crippen LogP contribution in [0.2, 0.25) is 0 Å². The molecule has 100 valence electrons. The van der Waals surface area contributed by atoms with Gasteiger partial charge in [-0.2, -0.15) is 5.26 Å². The lowest BCUT2D eigenvalue weighted by molar-refractivity contribution is 0.0696. The minimum atomic E-state index is -1.03. The zero-order valence-electron chi connectivity index (χ0n) is 11.0. The Morgan fingerprint density at radius 3 is 2.75 bits per heavy atom. The van der Waals surface area contributed by atoms with Gasteiger partial charge in [-0.1, -0.05) is 6.07 Å². The van der Waals surface area contributed by atoms with Crippen LogP contribution in [-0.4, -0.2) is 16.1 Å². The smallest absolute Gasteiger partial charge is 0.335 e. The van der Waals surface area contributed by atoms with Crippen LogP contribution in [0.5, 0.6) is 11.5 Å². The zero-order chi connectivity index (χ0) is 14.7. The topological polar surface area (TPSA) is 83.2 Å². The highest BCUT2D eigenvalue weighted by molar-refractivity contribution is 5.88. The number of rotatable bonds is 3. The van der Waals surface area contributed by atoms with Crippen molar-refractivity contribution in [3.63, 3.8) is 0 Å². The van der Waals surface area contributed by atoms with Crippen LogP contribution in [0.25, 0.3) is 0 Å². The van der Waals surface area contributed by atoms with Crippen molar-refractivity contribution in [2.45, 2.75) is 13.8 Å². The second-order valence-electron chi connectivity index (χ2n) is 4.27. The van der Waals surface area contributed by atoms with Crippen molar-refractivity contribution in [1.82, 2.24) is 4.98 Å². The van der Waals surface area contributed by atoms with Crippen molar-refractivity contribution in [1.29, 1.82) is 5.26 Å². The summed E-state index contributed by atoms with van der Waals surface area (Å²) in [5.74, 6) is -0.288. The summed E-state index contributed by atoms with van der Waals surface area (Å²) in [6, 6.07) is 9.81. The SMILES string of the molecule is Cc1cc(Oc2cccc(C(=O)O)c2)c(C#N)c(C)n1. The number of nitriles is 1. The molecule has 0 aliphatic carbocycles. The number of pyridine rings is 1. The third kappa shape index (κ3) is 2.75. The maximum Gasteiger partial charge on any atom is 0.335 e. The molecule has 2 aromatic rings. The maximum absolute atomic E-state index is 10.9. The van der Waals surface area contributed by atoms with Gasteiger partial charge in [0, 0.05) is 11.8 Å². The van der Waals surface area contributed by atoms with Crippen molar-refractivity contribution >= 4 is 5.97 Å². The molecule has 0 fully saturated rings. The molecule has 2 rings (SSSR count). The highest BCUT2D eigenvalue weighted by Crippen LogP contribution is 2.27. The van der Waals surface area contributed by atoms with Crippen LogP contribution in [0.3, 0.4) is 0 Å². The Hall–Kier alpha value is -2.87. The summed E-state index contributed by atoms with van der Waals surface area (Å²) < 4.78 is 5.63. The van der Waals surface area contributed by atoms with E-state index < -0.39 is 5.97 Å². The predicted molar refractivity (Wildman–Crippen MR) is 71.9 cm³/mol. The van der Waals surface area contributed by atoms with Gasteiger partial charge < -0.3 is 9.84 Å². The number of aromatic carboxylic acids is 1. The first kappa shape index (κ1) is 13.6. The Morgan fingerprint density at radius 2 is 2.10 bits per heavy atom. The number of carbonyl (C=O) groups is 1. The van der Waals surface area contributed by atoms with Gasteiger partial charge in [0.05, 0.1) is 11.3 Å². The third-order valence-corrected chi connectivity index (χ3v) is 2.71. The summed E-state index contributed by atoms with van der Waals surface area (Å²) in [5.41, 5.74) is 1.78. The molecule has 20 heavy (non-hydrogen) atoms. The van der Waals surface area contributed by atoms with Crippen LogP contribution < -0.4 is 4.74 Å². The molecule has 1 N–H and O–H groups in total. The van der Waals surface area contributed by atoms with Crippen molar-refractivity contribution in [2.75, 3.05) is 0 Å². The maximum atomic E-state index is 10.9. The monoisotopic (exact) mass is 268 g/mol. The Kier molecular flexibility index (Phi) is 3.67. The van der Waals surface area contributed by atoms with Gasteiger partial charge in [-0.3, -0.25) is 4.98 Å². The zero-order valence-corrected chi connectivity index (χ0v) is 11.0. The molecule has 1 heterocycles. The molecule has 1 aromatic heterocycles. The number of carboxylic acid groups (broad SMARTS) is 1. The molecular weight excluding hydrogens is 256 g/mol. The highest BCUT2D eigenvalue weighted by atomic mass is 16.5. The van der Waals surface area contributed by atoms with E-state index in [1.54, 1.807) is 32.0 Å². The molecular formula is C15H12N2O3. The van der Waals surface area contributed by atoms with Crippen molar-refractivity contribution in [3.8, 4) is 17.6 Å². The predicted octanol–water partition coefficient (Wildman–Crippen LogP) is 3.06. The number of hydrogen-bond acceptors (Lipinski definition) is 4. The van der Waals surface area contributed by atoms with E-state index in [9.17, 15) is 4.79 Å². The van der Waals surface area contributed by atoms with E-state index in [4.69, 9.17) is 15.1 Å². The Bertz CT molecular complexity index is 718. The lowest BCUT2D eigenvalue weighted by Crippen LogP contribution is -1.98. The van der Waals surface area contributed by atoms with Gasteiger partial charge >= 0.3 is 5.97 Å². The van der Waals surface area contributed by atoms with Crippen molar-refractivity contribution in [2.24, 2.45) is 0 Å². The standard InChI is InChI=1S/C15H12N2O3/c1-9-6-14(13(8-16)10(2)17-9)20-12-5-3-4-11(7-12)15(18)19/h3-7H,1-2H3,(H,18,19). The molecule has 0 radical (unpaired) electrons. The fourth-order valence-electron chi connectivity index (χ4n) is 1.83. The molecule has 0 unspecified atom stereocenters. The van der Waals surface area contributed by atoms with Gasteiger partial charge in [0.1, 0.15) is 23.1 Å². The fraction of sp³-hybridized carbons (Fsp3) is 0.133. The van der Waals surface area contributed by atoms with Crippen LogP contribution in [0.15, 0.2) is 30.3 Å². The number of benzene rings is 1. The number of aryl methyl sites for hydroxylation is 2. The second kappa shape index (κ2) is 5.41. The van der Waals surface area contributed by atoms with E-state index in [1.165, 1.54) is 12.1 Å². The lowest BCUT2D eigenvalue weighted by Gasteiger charge is -2.10. The van der Waals surface area contributed by atoms with E-state index in [1.807, 2.05) is 6.07 Å². The number of aromatic nitrogens is 1. The van der Waals surface area contributed by atoms with Gasteiger partial charge in [0.2, 0.25) is 0 Å². The first-order chi connectivity index (χ1) is 9.51. The minimum Gasteiger partial charge on any atom is -0.478 e. The van der Waals surface area contributed by atoms with E-state index in [-0.39, 0.29) is 5.56 Å². The lowest BCUT2D eigenvalue weighted by atomic mass is 10.1. The van der Waals surface area contributed by atoms with Crippen LogP contribution in [0, 0.1) is 25.2 Å². The van der Waals surface area contributed by atoms with E-state index in [0.717, 1.165) is 5.69 Å². The molecule has 0 aliphatic rings. The van der Waals surface area contributed by atoms with E-state index in [2.05, 4.69) is 4.98 Å². The van der Waals surface area contributed by atoms with Crippen LogP contribution >= 0.6 is 0 Å². The number of nitrogens with zero attached hydrogens (tertiary/aromatic N) is 2. The first-order valence-electron chi connectivity index (χ1n) is 5.91. The Morgan fingerprint density at radius 1 is 1.35 bits per heavy atom. The molecule has 0 spiro atoms. The molecule has 0 atom stereocenters. The molecule has 5 heteroatoms. The normalized spacial score (nSPS) is 9.85. The molecule has 0 aliphatic heterocycles. The van der Waals surface area contributed by atoms with E-state index >= 15 is 0 Å². The van der Waals surface area contributed by atoms with Crippen molar-refractivity contribution < 1.29 is 14.6 Å². The van der Waals surface area contributed by atoms with Crippen LogP contribution in [-0.2, 0) is 0 Å². The summed E-state index contributed by atoms with van der Waals surface area (Å²) in [6.45, 7) is 3.53. The van der Waals surface area contributed by atoms with Gasteiger partial charge in [-0.05, 0) is 32.0 Å². The number of ether oxygens (including phenoxy) is 1. The second-order valence-corrected chi connectivity index (χ2v) is 4.27. The van der Waals surface area contributed by atoms with Gasteiger partial charge in [-0.25, -0.2) is 4.79 Å². The molecule has 0 amide bonds. The number of carboxylic acids is 1. The van der Waals surface area contributed by atoms with Gasteiger partial charge in [0.25, 0.3) is 0 Å². The average molecular weight is 268 g/mol. The number of hydrogen-bond donors (Lipinski definition) is 1. The van der Waals surface area contributed by atoms with E-state index in [0.29, 0.717) is 22.8 Å². The summed E-state index contributed by atoms with van der Waals surface area (Å²) >= 11 is 0. The van der Waals surface area contributed by atoms with Gasteiger partial charge in [0.15, 0.2) is 0 Å². The summed E-state index contributed by atoms with van der Waals surface area (Å²) in [5, 5.41) is 18.1. The largest absolute Gasteiger partial charge is 0.478 e. The Balaban J connectivity index is 2.42. The quantitative estimate of drug-likeness (QED) is 0.924. The van der Waals surface area contributed by atoms with Crippen LogP contribution in [0.1, 0.15) is 27.3 Å². The van der Waals surface area contributed by atoms with Gasteiger partial charge in [-0.15, -0.1) is 0 Å². The molecule has 5 nitrogen and oxygen atoms in total. The molecule has 1 aromatic carbocycles. The Labute approximate surface area is 116 Å². The summed E-state index contributed by atoms with van der Waals surface area (Å²) in [4.78, 5) is 15.1. The highest BCUT2D eigenvalue weighted by Gasteiger charge is 2.11. The molecule has 0 bridgehead atoms.